The molecule has 0 spiro atoms. The molecule has 0 atom stereocenters. The van der Waals surface area contributed by atoms with Crippen LogP contribution in [0.3, 0.4) is 0 Å². The van der Waals surface area contributed by atoms with Gasteiger partial charge >= 0.3 is 0 Å². The van der Waals surface area contributed by atoms with Gasteiger partial charge in [0.2, 0.25) is 5.91 Å². The Balaban J connectivity index is 1.73. The summed E-state index contributed by atoms with van der Waals surface area (Å²) in [5.41, 5.74) is 1.90. The van der Waals surface area contributed by atoms with Crippen molar-refractivity contribution >= 4 is 40.0 Å². The first kappa shape index (κ1) is 20.0. The Morgan fingerprint density at radius 1 is 1.21 bits per heavy atom. The van der Waals surface area contributed by atoms with Crippen molar-refractivity contribution in [2.24, 2.45) is 0 Å². The topological polar surface area (TPSA) is 70.2 Å². The monoisotopic (exact) mass is 395 g/mol. The van der Waals surface area contributed by atoms with Gasteiger partial charge in [-0.05, 0) is 60.6 Å². The lowest BCUT2D eigenvalue weighted by molar-refractivity contribution is -0.125. The van der Waals surface area contributed by atoms with Gasteiger partial charge in [-0.1, -0.05) is 12.1 Å². The predicted molar refractivity (Wildman–Crippen MR) is 116 cm³/mol. The zero-order valence-electron chi connectivity index (χ0n) is 16.2. The van der Waals surface area contributed by atoms with Crippen LogP contribution < -0.4 is 10.6 Å². The van der Waals surface area contributed by atoms with Gasteiger partial charge in [0.15, 0.2) is 5.82 Å². The van der Waals surface area contributed by atoms with E-state index in [1.165, 1.54) is 0 Å². The molecule has 0 bridgehead atoms. The third-order valence-corrected chi connectivity index (χ3v) is 4.96. The van der Waals surface area contributed by atoms with Gasteiger partial charge in [0.1, 0.15) is 5.82 Å². The van der Waals surface area contributed by atoms with Crippen LogP contribution in [0.15, 0.2) is 47.2 Å². The van der Waals surface area contributed by atoms with Gasteiger partial charge in [-0.25, -0.2) is 9.97 Å². The smallest absolute Gasteiger partial charge is 0.246 e. The number of carbonyl (C=O) groups excluding carboxylic acids is 1. The van der Waals surface area contributed by atoms with Gasteiger partial charge < -0.3 is 15.5 Å². The molecule has 0 saturated heterocycles. The molecule has 0 aliphatic rings. The summed E-state index contributed by atoms with van der Waals surface area (Å²) >= 11 is 1.61. The number of aromatic nitrogens is 2. The summed E-state index contributed by atoms with van der Waals surface area (Å²) in [6.07, 6.45) is 4.40. The molecule has 146 valence electrons. The second-order valence-corrected chi connectivity index (χ2v) is 7.25. The van der Waals surface area contributed by atoms with Crippen molar-refractivity contribution in [3.63, 3.8) is 0 Å². The Morgan fingerprint density at radius 3 is 2.86 bits per heavy atom. The molecule has 2 N–H and O–H groups in total. The zero-order valence-corrected chi connectivity index (χ0v) is 17.0. The number of amides is 1. The highest BCUT2D eigenvalue weighted by Crippen LogP contribution is 2.20. The van der Waals surface area contributed by atoms with Crippen molar-refractivity contribution in [2.45, 2.75) is 13.0 Å². The summed E-state index contributed by atoms with van der Waals surface area (Å²) in [6, 6.07) is 9.90. The molecule has 3 rings (SSSR count). The first-order valence-electron chi connectivity index (χ1n) is 9.27. The van der Waals surface area contributed by atoms with Crippen LogP contribution in [-0.4, -0.2) is 48.0 Å². The standard InChI is InChI=1S/C21H25N5OS/c1-22-11-5-12-23-21-17-6-3-4-7-18(17)24-19(25-21)14-26(2)20(27)9-8-16-10-13-28-15-16/h3-4,6-10,13,15,22H,5,11-12,14H2,1-2H3,(H,23,24,25)/b9-8+. The third kappa shape index (κ3) is 5.37. The number of hydrogen-bond acceptors (Lipinski definition) is 6. The number of likely N-dealkylation sites (N-methyl/N-ethyl adjacent to an activating group) is 1. The van der Waals surface area contributed by atoms with Gasteiger partial charge in [-0.3, -0.25) is 4.79 Å². The largest absolute Gasteiger partial charge is 0.369 e. The second kappa shape index (κ2) is 9.96. The number of para-hydroxylation sites is 1. The molecule has 0 fully saturated rings. The Morgan fingerprint density at radius 2 is 2.07 bits per heavy atom. The van der Waals surface area contributed by atoms with Crippen LogP contribution in [0.5, 0.6) is 0 Å². The first-order valence-corrected chi connectivity index (χ1v) is 10.2. The Bertz CT molecular complexity index is 939. The molecule has 0 radical (unpaired) electrons. The highest BCUT2D eigenvalue weighted by atomic mass is 32.1. The van der Waals surface area contributed by atoms with E-state index in [-0.39, 0.29) is 5.91 Å². The van der Waals surface area contributed by atoms with E-state index in [1.54, 1.807) is 29.4 Å². The number of fused-ring (bicyclic) bond motifs is 1. The highest BCUT2D eigenvalue weighted by molar-refractivity contribution is 7.08. The van der Waals surface area contributed by atoms with Gasteiger partial charge in [-0.15, -0.1) is 0 Å². The first-order chi connectivity index (χ1) is 13.7. The molecular formula is C21H25N5OS. The molecule has 0 aliphatic heterocycles. The van der Waals surface area contributed by atoms with Gasteiger partial charge in [0, 0.05) is 25.1 Å². The molecule has 7 heteroatoms. The quantitative estimate of drug-likeness (QED) is 0.429. The number of hydrogen-bond donors (Lipinski definition) is 2. The zero-order chi connectivity index (χ0) is 19.8. The summed E-state index contributed by atoms with van der Waals surface area (Å²) in [4.78, 5) is 23.3. The van der Waals surface area contributed by atoms with Gasteiger partial charge in [0.25, 0.3) is 0 Å². The van der Waals surface area contributed by atoms with Crippen LogP contribution in [-0.2, 0) is 11.3 Å². The van der Waals surface area contributed by atoms with E-state index in [4.69, 9.17) is 0 Å². The van der Waals surface area contributed by atoms with E-state index in [1.807, 2.05) is 54.2 Å². The molecule has 0 saturated carbocycles. The maximum Gasteiger partial charge on any atom is 0.246 e. The summed E-state index contributed by atoms with van der Waals surface area (Å²) in [5, 5.41) is 11.5. The maximum absolute atomic E-state index is 12.4. The van der Waals surface area contributed by atoms with E-state index in [0.29, 0.717) is 12.4 Å². The van der Waals surface area contributed by atoms with Crippen LogP contribution in [0.2, 0.25) is 0 Å². The fourth-order valence-corrected chi connectivity index (χ4v) is 3.39. The molecule has 0 aliphatic carbocycles. The van der Waals surface area contributed by atoms with E-state index >= 15 is 0 Å². The molecule has 3 aromatic rings. The minimum atomic E-state index is -0.0773. The predicted octanol–water partition coefficient (Wildman–Crippen LogP) is 3.38. The summed E-state index contributed by atoms with van der Waals surface area (Å²) in [7, 11) is 3.71. The van der Waals surface area contributed by atoms with Crippen molar-refractivity contribution in [3.8, 4) is 0 Å². The average molecular weight is 396 g/mol. The van der Waals surface area contributed by atoms with E-state index in [0.717, 1.165) is 41.8 Å². The third-order valence-electron chi connectivity index (χ3n) is 4.26. The minimum absolute atomic E-state index is 0.0773. The van der Waals surface area contributed by atoms with Crippen LogP contribution in [0.25, 0.3) is 17.0 Å². The molecule has 28 heavy (non-hydrogen) atoms. The summed E-state index contributed by atoms with van der Waals surface area (Å²) in [5.74, 6) is 1.35. The second-order valence-electron chi connectivity index (χ2n) is 6.47. The lowest BCUT2D eigenvalue weighted by Gasteiger charge is -2.16. The number of rotatable bonds is 9. The van der Waals surface area contributed by atoms with Gasteiger partial charge in [0.05, 0.1) is 12.1 Å². The molecule has 2 aromatic heterocycles. The SMILES string of the molecule is CNCCCNc1nc(CN(C)C(=O)/C=C/c2ccsc2)nc2ccccc12. The number of carbonyl (C=O) groups is 1. The number of nitrogens with one attached hydrogen (secondary N) is 2. The molecule has 1 amide bonds. The fourth-order valence-electron chi connectivity index (χ4n) is 2.76. The lowest BCUT2D eigenvalue weighted by Crippen LogP contribution is -2.25. The minimum Gasteiger partial charge on any atom is -0.369 e. The van der Waals surface area contributed by atoms with E-state index in [9.17, 15) is 4.79 Å². The molecule has 2 heterocycles. The van der Waals surface area contributed by atoms with Crippen LogP contribution in [0.4, 0.5) is 5.82 Å². The number of benzene rings is 1. The van der Waals surface area contributed by atoms with Crippen LogP contribution >= 0.6 is 11.3 Å². The van der Waals surface area contributed by atoms with E-state index in [2.05, 4.69) is 20.6 Å². The molecule has 1 aromatic carbocycles. The lowest BCUT2D eigenvalue weighted by atomic mass is 10.2. The summed E-state index contributed by atoms with van der Waals surface area (Å²) in [6.45, 7) is 2.11. The highest BCUT2D eigenvalue weighted by Gasteiger charge is 2.11. The van der Waals surface area contributed by atoms with Crippen molar-refractivity contribution in [1.29, 1.82) is 0 Å². The van der Waals surface area contributed by atoms with Gasteiger partial charge in [-0.2, -0.15) is 11.3 Å². The van der Waals surface area contributed by atoms with Crippen molar-refractivity contribution < 1.29 is 4.79 Å². The average Bonchev–Trinajstić information content (AvgIpc) is 3.23. The molecule has 6 nitrogen and oxygen atoms in total. The Labute approximate surface area is 169 Å². The maximum atomic E-state index is 12.4. The fraction of sp³-hybridized carbons (Fsp3) is 0.286. The number of nitrogens with zero attached hydrogens (tertiary/aromatic N) is 3. The number of thiophene rings is 1. The molecule has 0 unspecified atom stereocenters. The van der Waals surface area contributed by atoms with Crippen molar-refractivity contribution in [3.05, 3.63) is 58.6 Å². The van der Waals surface area contributed by atoms with E-state index < -0.39 is 0 Å². The summed E-state index contributed by atoms with van der Waals surface area (Å²) < 4.78 is 0. The van der Waals surface area contributed by atoms with Crippen LogP contribution in [0, 0.1) is 0 Å². The normalized spacial score (nSPS) is 11.2. The Kier molecular flexibility index (Phi) is 7.11. The van der Waals surface area contributed by atoms with Crippen molar-refractivity contribution in [1.82, 2.24) is 20.2 Å². The molecular weight excluding hydrogens is 370 g/mol. The van der Waals surface area contributed by atoms with Crippen LogP contribution in [0.1, 0.15) is 17.8 Å². The number of anilines is 1. The van der Waals surface area contributed by atoms with Crippen molar-refractivity contribution in [2.75, 3.05) is 32.5 Å². The Hall–Kier alpha value is -2.77.